The molecule has 0 radical (unpaired) electrons. The first-order chi connectivity index (χ1) is 12.4. The number of carbonyl (C=O) groups is 1. The fraction of sp³-hybridized carbons (Fsp3) is 0.263. The number of carbonyl (C=O) groups excluding carboxylic acids is 1. The number of imidazole rings is 1. The third kappa shape index (κ3) is 4.17. The predicted molar refractivity (Wildman–Crippen MR) is 91.2 cm³/mol. The van der Waals surface area contributed by atoms with E-state index in [0.29, 0.717) is 11.3 Å². The van der Waals surface area contributed by atoms with Gasteiger partial charge in [-0.1, -0.05) is 18.2 Å². The highest BCUT2D eigenvalue weighted by Gasteiger charge is 2.15. The lowest BCUT2D eigenvalue weighted by atomic mass is 10.1. The van der Waals surface area contributed by atoms with Crippen LogP contribution in [0.5, 0.6) is 5.75 Å². The van der Waals surface area contributed by atoms with Crippen LogP contribution in [0.15, 0.2) is 48.8 Å². The van der Waals surface area contributed by atoms with Crippen LogP contribution in [-0.2, 0) is 16.0 Å². The number of halogens is 2. The van der Waals surface area contributed by atoms with Crippen LogP contribution in [0.3, 0.4) is 0 Å². The van der Waals surface area contributed by atoms with E-state index in [1.54, 1.807) is 25.3 Å². The molecule has 0 spiro atoms. The Hall–Kier alpha value is -2.96. The monoisotopic (exact) mass is 360 g/mol. The van der Waals surface area contributed by atoms with Gasteiger partial charge in [-0.25, -0.2) is 4.98 Å². The molecule has 1 aromatic carbocycles. The van der Waals surface area contributed by atoms with Crippen molar-refractivity contribution in [3.8, 4) is 5.75 Å². The molecule has 1 unspecified atom stereocenters. The predicted octanol–water partition coefficient (Wildman–Crippen LogP) is 4.09. The number of esters is 1. The number of hydrogen-bond acceptors (Lipinski definition) is 4. The average molecular weight is 360 g/mol. The van der Waals surface area contributed by atoms with Gasteiger partial charge in [-0.2, -0.15) is 8.78 Å². The van der Waals surface area contributed by atoms with Crippen molar-refractivity contribution in [3.05, 3.63) is 65.6 Å². The SMILES string of the molecule is Cc1cccn2cc(CC(=O)OC(C)c3ccc(OC(F)F)cc3)nc12. The Bertz CT molecular complexity index is 907. The van der Waals surface area contributed by atoms with Crippen LogP contribution in [0.1, 0.15) is 29.8 Å². The van der Waals surface area contributed by atoms with Crippen molar-refractivity contribution < 1.29 is 23.0 Å². The molecular weight excluding hydrogens is 342 g/mol. The molecule has 26 heavy (non-hydrogen) atoms. The van der Waals surface area contributed by atoms with Crippen LogP contribution in [0, 0.1) is 6.92 Å². The highest BCUT2D eigenvalue weighted by Crippen LogP contribution is 2.22. The van der Waals surface area contributed by atoms with Gasteiger partial charge in [-0.3, -0.25) is 4.79 Å². The topological polar surface area (TPSA) is 52.8 Å². The number of benzene rings is 1. The zero-order chi connectivity index (χ0) is 18.7. The van der Waals surface area contributed by atoms with E-state index in [1.165, 1.54) is 12.1 Å². The van der Waals surface area contributed by atoms with Gasteiger partial charge in [0.25, 0.3) is 0 Å². The summed E-state index contributed by atoms with van der Waals surface area (Å²) in [6, 6.07) is 9.87. The average Bonchev–Trinajstić information content (AvgIpc) is 2.98. The molecule has 0 bridgehead atoms. The third-order valence-electron chi connectivity index (χ3n) is 3.94. The van der Waals surface area contributed by atoms with Gasteiger partial charge in [0, 0.05) is 12.4 Å². The molecule has 0 aliphatic carbocycles. The van der Waals surface area contributed by atoms with Crippen molar-refractivity contribution in [2.24, 2.45) is 0 Å². The summed E-state index contributed by atoms with van der Waals surface area (Å²) in [5.74, 6) is -0.353. The van der Waals surface area contributed by atoms with Gasteiger partial charge in [-0.05, 0) is 43.2 Å². The second-order valence-electron chi connectivity index (χ2n) is 5.91. The number of alkyl halides is 2. The second kappa shape index (κ2) is 7.51. The molecular formula is C19H18F2N2O3. The van der Waals surface area contributed by atoms with Crippen LogP contribution >= 0.6 is 0 Å². The minimum atomic E-state index is -2.87. The van der Waals surface area contributed by atoms with Crippen LogP contribution in [0.25, 0.3) is 5.65 Å². The lowest BCUT2D eigenvalue weighted by molar-refractivity contribution is -0.147. The zero-order valence-corrected chi connectivity index (χ0v) is 14.4. The number of pyridine rings is 1. The minimum absolute atomic E-state index is 0.0536. The molecule has 0 saturated heterocycles. The van der Waals surface area contributed by atoms with Crippen LogP contribution < -0.4 is 4.74 Å². The van der Waals surface area contributed by atoms with Crippen LogP contribution in [0.2, 0.25) is 0 Å². The first-order valence-electron chi connectivity index (χ1n) is 8.10. The van der Waals surface area contributed by atoms with E-state index in [-0.39, 0.29) is 12.2 Å². The molecule has 1 atom stereocenters. The Morgan fingerprint density at radius 3 is 2.62 bits per heavy atom. The molecule has 2 aromatic heterocycles. The number of hydrogen-bond donors (Lipinski definition) is 0. The van der Waals surface area contributed by atoms with E-state index in [2.05, 4.69) is 9.72 Å². The largest absolute Gasteiger partial charge is 0.457 e. The quantitative estimate of drug-likeness (QED) is 0.621. The summed E-state index contributed by atoms with van der Waals surface area (Å²) in [4.78, 5) is 16.6. The Morgan fingerprint density at radius 1 is 1.23 bits per heavy atom. The summed E-state index contributed by atoms with van der Waals surface area (Å²) in [5.41, 5.74) is 3.13. The Labute approximate surface area is 149 Å². The van der Waals surface area contributed by atoms with Crippen molar-refractivity contribution in [3.63, 3.8) is 0 Å². The lowest BCUT2D eigenvalue weighted by Gasteiger charge is -2.14. The maximum absolute atomic E-state index is 12.2. The van der Waals surface area contributed by atoms with Crippen molar-refractivity contribution >= 4 is 11.6 Å². The van der Waals surface area contributed by atoms with Crippen molar-refractivity contribution in [1.82, 2.24) is 9.38 Å². The number of aryl methyl sites for hydroxylation is 1. The van der Waals surface area contributed by atoms with E-state index < -0.39 is 18.7 Å². The first-order valence-corrected chi connectivity index (χ1v) is 8.10. The standard InChI is InChI=1S/C19H18F2N2O3/c1-12-4-3-9-23-11-15(22-18(12)23)10-17(24)25-13(2)14-5-7-16(8-6-14)26-19(20)21/h3-9,11,13,19H,10H2,1-2H3. The van der Waals surface area contributed by atoms with Gasteiger partial charge in [0.05, 0.1) is 12.1 Å². The van der Waals surface area contributed by atoms with Crippen molar-refractivity contribution in [2.75, 3.05) is 0 Å². The molecule has 0 aliphatic rings. The van der Waals surface area contributed by atoms with Crippen molar-refractivity contribution in [1.29, 1.82) is 0 Å². The van der Waals surface area contributed by atoms with E-state index in [4.69, 9.17) is 4.74 Å². The van der Waals surface area contributed by atoms with Crippen LogP contribution in [0.4, 0.5) is 8.78 Å². The summed E-state index contributed by atoms with van der Waals surface area (Å²) >= 11 is 0. The van der Waals surface area contributed by atoms with E-state index in [1.807, 2.05) is 29.7 Å². The number of ether oxygens (including phenoxy) is 2. The highest BCUT2D eigenvalue weighted by atomic mass is 19.3. The van der Waals surface area contributed by atoms with Gasteiger partial charge >= 0.3 is 12.6 Å². The third-order valence-corrected chi connectivity index (χ3v) is 3.94. The molecule has 0 aliphatic heterocycles. The normalized spacial score (nSPS) is 12.3. The molecule has 0 saturated carbocycles. The molecule has 136 valence electrons. The van der Waals surface area contributed by atoms with Gasteiger partial charge in [0.2, 0.25) is 0 Å². The fourth-order valence-corrected chi connectivity index (χ4v) is 2.66. The van der Waals surface area contributed by atoms with Crippen LogP contribution in [-0.4, -0.2) is 22.0 Å². The molecule has 7 heteroatoms. The Kier molecular flexibility index (Phi) is 5.16. The molecule has 3 aromatic rings. The van der Waals surface area contributed by atoms with E-state index in [9.17, 15) is 13.6 Å². The van der Waals surface area contributed by atoms with E-state index >= 15 is 0 Å². The number of fused-ring (bicyclic) bond motifs is 1. The maximum atomic E-state index is 12.2. The van der Waals surface area contributed by atoms with Gasteiger partial charge in [0.1, 0.15) is 17.5 Å². The minimum Gasteiger partial charge on any atom is -0.457 e. The van der Waals surface area contributed by atoms with Gasteiger partial charge in [-0.15, -0.1) is 0 Å². The van der Waals surface area contributed by atoms with E-state index in [0.717, 1.165) is 11.2 Å². The molecule has 3 rings (SSSR count). The van der Waals surface area contributed by atoms with Crippen molar-refractivity contribution in [2.45, 2.75) is 33.0 Å². The first kappa shape index (κ1) is 17.8. The number of aromatic nitrogens is 2. The molecule has 2 heterocycles. The Morgan fingerprint density at radius 2 is 1.96 bits per heavy atom. The highest BCUT2D eigenvalue weighted by molar-refractivity contribution is 5.72. The summed E-state index contributed by atoms with van der Waals surface area (Å²) < 4.78 is 35.9. The molecule has 0 amide bonds. The maximum Gasteiger partial charge on any atom is 0.387 e. The summed E-state index contributed by atoms with van der Waals surface area (Å²) in [5, 5.41) is 0. The second-order valence-corrected chi connectivity index (χ2v) is 5.91. The smallest absolute Gasteiger partial charge is 0.387 e. The number of rotatable bonds is 6. The summed E-state index contributed by atoms with van der Waals surface area (Å²) in [7, 11) is 0. The van der Waals surface area contributed by atoms with Gasteiger partial charge in [0.15, 0.2) is 0 Å². The van der Waals surface area contributed by atoms with Gasteiger partial charge < -0.3 is 13.9 Å². The number of nitrogens with zero attached hydrogens (tertiary/aromatic N) is 2. The lowest BCUT2D eigenvalue weighted by Crippen LogP contribution is -2.11. The molecule has 0 fully saturated rings. The molecule has 0 N–H and O–H groups in total. The molecule has 5 nitrogen and oxygen atoms in total. The summed E-state index contributed by atoms with van der Waals surface area (Å²) in [6.45, 7) is 0.799. The summed E-state index contributed by atoms with van der Waals surface area (Å²) in [6.07, 6.45) is 3.21. The zero-order valence-electron chi connectivity index (χ0n) is 14.4. The fourth-order valence-electron chi connectivity index (χ4n) is 2.66. The Balaban J connectivity index is 1.62.